The first-order valence-electron chi connectivity index (χ1n) is 21.2. The summed E-state index contributed by atoms with van der Waals surface area (Å²) in [5.74, 6) is 2.93. The molecule has 0 saturated heterocycles. The van der Waals surface area contributed by atoms with E-state index in [0.29, 0.717) is 63.0 Å². The first kappa shape index (κ1) is 56.7. The lowest BCUT2D eigenvalue weighted by molar-refractivity contribution is 0.304. The van der Waals surface area contributed by atoms with Crippen molar-refractivity contribution in [1.29, 1.82) is 0 Å². The average Bonchev–Trinajstić information content (AvgIpc) is 4.01. The van der Waals surface area contributed by atoms with E-state index < -0.39 is 0 Å². The molecule has 0 bridgehead atoms. The number of rotatable bonds is 12. The molecule has 4 aromatic carbocycles. The molecule has 4 heterocycles. The van der Waals surface area contributed by atoms with Crippen molar-refractivity contribution in [3.8, 4) is 23.0 Å². The van der Waals surface area contributed by atoms with Gasteiger partial charge in [0.2, 0.25) is 0 Å². The van der Waals surface area contributed by atoms with E-state index in [9.17, 15) is 0 Å². The van der Waals surface area contributed by atoms with Crippen molar-refractivity contribution in [2.24, 2.45) is 0 Å². The fourth-order valence-electron chi connectivity index (χ4n) is 6.19. The number of nitrogens with one attached hydrogen (secondary N) is 4. The van der Waals surface area contributed by atoms with Crippen LogP contribution in [0.5, 0.6) is 23.0 Å². The van der Waals surface area contributed by atoms with Gasteiger partial charge in [-0.3, -0.25) is 41.7 Å². The molecule has 4 N–H and O–H groups in total. The van der Waals surface area contributed by atoms with Crippen LogP contribution in [0.2, 0.25) is 30.1 Å². The third-order valence-electron chi connectivity index (χ3n) is 10.2. The molecule has 374 valence electrons. The van der Waals surface area contributed by atoms with Gasteiger partial charge >= 0.3 is 0 Å². The highest BCUT2D eigenvalue weighted by molar-refractivity contribution is 6.36. The van der Waals surface area contributed by atoms with Crippen LogP contribution in [-0.2, 0) is 0 Å². The van der Waals surface area contributed by atoms with E-state index in [1.54, 1.807) is 36.4 Å². The number of halogens is 6. The number of hydrogen-bond donors (Lipinski definition) is 4. The van der Waals surface area contributed by atoms with Crippen molar-refractivity contribution in [3.05, 3.63) is 210 Å². The molecule has 0 atom stereocenters. The van der Waals surface area contributed by atoms with Crippen LogP contribution in [0.25, 0.3) is 0 Å². The van der Waals surface area contributed by atoms with Gasteiger partial charge in [-0.25, -0.2) is 0 Å². The van der Waals surface area contributed by atoms with Crippen LogP contribution in [0.15, 0.2) is 163 Å². The second kappa shape index (κ2) is 26.4. The maximum Gasteiger partial charge on any atom is 0.138 e. The summed E-state index contributed by atoms with van der Waals surface area (Å²) in [5.41, 5.74) is 23.0. The summed E-state index contributed by atoms with van der Waals surface area (Å²) in [6.45, 7) is 23.2. The van der Waals surface area contributed by atoms with Crippen LogP contribution in [0, 0.1) is 20.8 Å². The first-order valence-corrected chi connectivity index (χ1v) is 23.5. The van der Waals surface area contributed by atoms with Crippen LogP contribution in [-0.4, -0.2) is 74.7 Å². The zero-order valence-corrected chi connectivity index (χ0v) is 44.0. The van der Waals surface area contributed by atoms with Crippen molar-refractivity contribution >= 4 is 69.6 Å². The van der Waals surface area contributed by atoms with Crippen molar-refractivity contribution in [2.75, 3.05) is 54.6 Å². The summed E-state index contributed by atoms with van der Waals surface area (Å²) in [6.07, 6.45) is 7.77. The maximum atomic E-state index is 6.07. The predicted octanol–water partition coefficient (Wildman–Crippen LogP) is 13.1. The smallest absolute Gasteiger partial charge is 0.138 e. The van der Waals surface area contributed by atoms with Gasteiger partial charge in [-0.15, -0.1) is 0 Å². The number of nitrogens with zero attached hydrogens (tertiary/aromatic N) is 4. The Labute approximate surface area is 443 Å². The lowest BCUT2D eigenvalue weighted by Gasteiger charge is -2.16. The minimum Gasteiger partial charge on any atom is -0.487 e. The SMILES string of the molecule is C.C=C1C=C(COc2cc(C)c(Cl)cc2C)NN1C.C=C1C=C(COc2cc(C)c(Cl)cc2Cl)NN1C.C=C1C=C(COc2cc(Cl)cc(Cl)c2)NN1C.C=C1C=C(COc2ccc(Cl)cc2)NN1C. The number of ether oxygens (including phenoxy) is 4. The largest absolute Gasteiger partial charge is 0.487 e. The van der Waals surface area contributed by atoms with Gasteiger partial charge < -0.3 is 18.9 Å². The number of aryl methyl sites for hydroxylation is 3. The normalized spacial score (nSPS) is 14.4. The lowest BCUT2D eigenvalue weighted by Crippen LogP contribution is -2.28. The van der Waals surface area contributed by atoms with Crippen molar-refractivity contribution < 1.29 is 18.9 Å². The lowest BCUT2D eigenvalue weighted by atomic mass is 10.1. The molecule has 0 aromatic heterocycles. The summed E-state index contributed by atoms with van der Waals surface area (Å²) in [5, 5.41) is 11.1. The highest BCUT2D eigenvalue weighted by Crippen LogP contribution is 2.32. The molecule has 0 amide bonds. The van der Waals surface area contributed by atoms with E-state index in [1.165, 1.54) is 0 Å². The van der Waals surface area contributed by atoms with Crippen molar-refractivity contribution in [1.82, 2.24) is 41.7 Å². The fourth-order valence-corrected chi connectivity index (χ4v) is 7.48. The number of likely N-dealkylation sites (N-methyl/N-ethyl adjacent to an activating group) is 4. The molecule has 0 radical (unpaired) electrons. The highest BCUT2D eigenvalue weighted by atomic mass is 35.5. The van der Waals surface area contributed by atoms with Crippen LogP contribution in [0.3, 0.4) is 0 Å². The number of hydrogen-bond acceptors (Lipinski definition) is 12. The Morgan fingerprint density at radius 1 is 0.400 bits per heavy atom. The molecule has 8 rings (SSSR count). The molecule has 0 spiro atoms. The predicted molar refractivity (Wildman–Crippen MR) is 291 cm³/mol. The standard InChI is InChI=1S/C14H17ClN2O.C13H14Cl2N2O.C12H12Cl2N2O.C12H13ClN2O.CH4/c1-9-6-14(10(2)5-13(9)15)18-8-12-7-11(3)17(4)16-12;1-8-4-13(12(15)6-11(8)14)18-7-10-5-9(2)17(3)16-10;1-8-3-11(15-16(8)2)7-17-12-5-9(13)4-10(14)6-12;1-9-7-11(14-15(9)2)8-16-12-5-3-10(13)4-6-12;/h5-7,16H,3,8H2,1-2,4H3;4-6,16H,2,7H2,1,3H3;3-6,15H,1,7H2,2H3;3-7,14H,1,8H2,2H3;1H4. The number of hydrazine groups is 4. The summed E-state index contributed by atoms with van der Waals surface area (Å²) in [6, 6.07) is 19.8. The summed E-state index contributed by atoms with van der Waals surface area (Å²) < 4.78 is 22.6. The molecule has 0 saturated carbocycles. The van der Waals surface area contributed by atoms with E-state index in [4.69, 9.17) is 88.6 Å². The third-order valence-corrected chi connectivity index (χ3v) is 12.0. The van der Waals surface area contributed by atoms with E-state index in [1.807, 2.05) is 124 Å². The van der Waals surface area contributed by atoms with E-state index in [0.717, 1.165) is 78.8 Å². The van der Waals surface area contributed by atoms with Gasteiger partial charge in [-0.05, 0) is 128 Å². The van der Waals surface area contributed by atoms with Crippen LogP contribution in [0.4, 0.5) is 0 Å². The molecular formula is C52H60Cl6N8O4. The zero-order chi connectivity index (χ0) is 50.5. The third kappa shape index (κ3) is 17.2. The molecule has 18 heteroatoms. The Balaban J connectivity index is 0.000000202. The molecule has 0 aliphatic carbocycles. The quantitative estimate of drug-likeness (QED) is 0.109. The van der Waals surface area contributed by atoms with Gasteiger partial charge in [0.1, 0.15) is 49.4 Å². The maximum absolute atomic E-state index is 6.07. The van der Waals surface area contributed by atoms with Crippen LogP contribution in [0.1, 0.15) is 24.1 Å². The molecule has 0 unspecified atom stereocenters. The molecular weight excluding hydrogens is 1010 g/mol. The fraction of sp³-hybridized carbons (Fsp3) is 0.231. The summed E-state index contributed by atoms with van der Waals surface area (Å²) in [7, 11) is 7.62. The monoisotopic (exact) mass is 1070 g/mol. The van der Waals surface area contributed by atoms with Crippen molar-refractivity contribution in [3.63, 3.8) is 0 Å². The molecule has 4 aliphatic heterocycles. The highest BCUT2D eigenvalue weighted by Gasteiger charge is 2.16. The van der Waals surface area contributed by atoms with E-state index in [2.05, 4.69) is 48.0 Å². The van der Waals surface area contributed by atoms with Crippen molar-refractivity contribution in [2.45, 2.75) is 28.2 Å². The Morgan fingerprint density at radius 2 is 0.757 bits per heavy atom. The second-order valence-electron chi connectivity index (χ2n) is 15.9. The molecule has 0 fully saturated rings. The van der Waals surface area contributed by atoms with Crippen LogP contribution >= 0.6 is 69.6 Å². The van der Waals surface area contributed by atoms with Gasteiger partial charge in [0, 0.05) is 53.3 Å². The zero-order valence-electron chi connectivity index (χ0n) is 39.5. The summed E-state index contributed by atoms with van der Waals surface area (Å²) in [4.78, 5) is 0. The Morgan fingerprint density at radius 3 is 1.16 bits per heavy atom. The van der Waals surface area contributed by atoms with Gasteiger partial charge in [0.05, 0.1) is 50.6 Å². The summed E-state index contributed by atoms with van der Waals surface area (Å²) >= 11 is 35.6. The minimum absolute atomic E-state index is 0. The van der Waals surface area contributed by atoms with Gasteiger partial charge in [0.15, 0.2) is 0 Å². The first-order chi connectivity index (χ1) is 32.6. The topological polar surface area (TPSA) is 98.0 Å². The van der Waals surface area contributed by atoms with Gasteiger partial charge in [0.25, 0.3) is 0 Å². The van der Waals surface area contributed by atoms with Gasteiger partial charge in [-0.2, -0.15) is 0 Å². The average molecular weight is 1070 g/mol. The van der Waals surface area contributed by atoms with E-state index in [-0.39, 0.29) is 7.43 Å². The second-order valence-corrected chi connectivity index (χ2v) is 18.5. The molecule has 4 aromatic rings. The molecule has 70 heavy (non-hydrogen) atoms. The van der Waals surface area contributed by atoms with Crippen LogP contribution < -0.4 is 40.7 Å². The number of benzene rings is 4. The Kier molecular flexibility index (Phi) is 21.4. The number of allylic oxidation sites excluding steroid dienone is 4. The van der Waals surface area contributed by atoms with E-state index >= 15 is 0 Å². The molecule has 4 aliphatic rings. The Bertz CT molecular complexity index is 2570. The minimum atomic E-state index is 0. The molecule has 12 nitrogen and oxygen atoms in total. The Hall–Kier alpha value is -5.86. The van der Waals surface area contributed by atoms with Gasteiger partial charge in [-0.1, -0.05) is 103 Å².